The first-order chi connectivity index (χ1) is 9.01. The zero-order valence-corrected chi connectivity index (χ0v) is 11.5. The van der Waals surface area contributed by atoms with Crippen LogP contribution in [0.2, 0.25) is 0 Å². The second-order valence-electron chi connectivity index (χ2n) is 4.24. The predicted molar refractivity (Wildman–Crippen MR) is 75.5 cm³/mol. The van der Waals surface area contributed by atoms with Gasteiger partial charge in [-0.2, -0.15) is 0 Å². The summed E-state index contributed by atoms with van der Waals surface area (Å²) in [5.74, 6) is -0.0567. The van der Waals surface area contributed by atoms with Gasteiger partial charge in [-0.05, 0) is 37.1 Å². The fraction of sp³-hybridized carbons (Fsp3) is 0.231. The van der Waals surface area contributed by atoms with Crippen LogP contribution in [0.5, 0.6) is 5.75 Å². The van der Waals surface area contributed by atoms with E-state index in [0.29, 0.717) is 23.5 Å². The molecule has 0 aliphatic rings. The lowest BCUT2D eigenvalue weighted by Gasteiger charge is -2.09. The van der Waals surface area contributed by atoms with E-state index in [0.717, 1.165) is 10.6 Å². The van der Waals surface area contributed by atoms with Crippen LogP contribution >= 0.6 is 11.3 Å². The summed E-state index contributed by atoms with van der Waals surface area (Å²) in [6.45, 7) is 3.93. The van der Waals surface area contributed by atoms with E-state index in [-0.39, 0.29) is 11.7 Å². The van der Waals surface area contributed by atoms with Gasteiger partial charge in [0, 0.05) is 17.6 Å². The third-order valence-corrected chi connectivity index (χ3v) is 3.62. The van der Waals surface area contributed by atoms with Gasteiger partial charge in [0.25, 0.3) is 5.91 Å². The van der Waals surface area contributed by atoms with Crippen LogP contribution in [0.15, 0.2) is 17.5 Å². The van der Waals surface area contributed by atoms with Crippen LogP contribution in [0, 0.1) is 13.8 Å². The Morgan fingerprint density at radius 3 is 2.79 bits per heavy atom. The van der Waals surface area contributed by atoms with Crippen LogP contribution in [-0.4, -0.2) is 16.0 Å². The maximum Gasteiger partial charge on any atom is 0.275 e. The fourth-order valence-electron chi connectivity index (χ4n) is 1.63. The first-order valence-corrected chi connectivity index (χ1v) is 6.65. The normalized spacial score (nSPS) is 10.5. The Morgan fingerprint density at radius 2 is 2.16 bits per heavy atom. The molecule has 2 rings (SSSR count). The summed E-state index contributed by atoms with van der Waals surface area (Å²) >= 11 is 1.36. The van der Waals surface area contributed by atoms with Crippen molar-refractivity contribution in [2.45, 2.75) is 20.4 Å². The molecule has 0 aliphatic carbocycles. The number of carbonyl (C=O) groups is 1. The number of nitrogens with zero attached hydrogens (tertiary/aromatic N) is 1. The number of nitrogens with one attached hydrogen (secondary N) is 1. The Kier molecular flexibility index (Phi) is 3.82. The van der Waals surface area contributed by atoms with Crippen LogP contribution in [0.25, 0.3) is 0 Å². The highest BCUT2D eigenvalue weighted by atomic mass is 32.1. The van der Waals surface area contributed by atoms with Gasteiger partial charge in [-0.3, -0.25) is 4.79 Å². The highest BCUT2D eigenvalue weighted by Crippen LogP contribution is 2.25. The highest BCUT2D eigenvalue weighted by molar-refractivity contribution is 7.09. The van der Waals surface area contributed by atoms with E-state index in [2.05, 4.69) is 10.3 Å². The average molecular weight is 277 g/mol. The highest BCUT2D eigenvalue weighted by Gasteiger charge is 2.12. The van der Waals surface area contributed by atoms with Gasteiger partial charge in [-0.15, -0.1) is 11.3 Å². The van der Waals surface area contributed by atoms with E-state index in [1.807, 2.05) is 6.92 Å². The number of benzene rings is 1. The van der Waals surface area contributed by atoms with Crippen molar-refractivity contribution in [2.24, 2.45) is 5.73 Å². The number of phenols is 1. The van der Waals surface area contributed by atoms with Crippen molar-refractivity contribution in [3.05, 3.63) is 39.3 Å². The molecule has 5 nitrogen and oxygen atoms in total. The zero-order valence-electron chi connectivity index (χ0n) is 10.7. The minimum Gasteiger partial charge on any atom is -0.508 e. The number of aromatic nitrogens is 1. The molecule has 4 N–H and O–H groups in total. The SMILES string of the molecule is Cc1cc(NC(=O)c2csc(CN)n2)c(C)cc1O. The molecular weight excluding hydrogens is 262 g/mol. The Bertz CT molecular complexity index is 622. The topological polar surface area (TPSA) is 88.2 Å². The van der Waals surface area contributed by atoms with Crippen molar-refractivity contribution >= 4 is 22.9 Å². The predicted octanol–water partition coefficient (Wildman–Crippen LogP) is 2.18. The molecule has 0 atom stereocenters. The molecule has 0 saturated heterocycles. The maximum atomic E-state index is 12.0. The van der Waals surface area contributed by atoms with Gasteiger partial charge in [0.2, 0.25) is 0 Å². The summed E-state index contributed by atoms with van der Waals surface area (Å²) in [5.41, 5.74) is 8.00. The number of rotatable bonds is 3. The molecule has 1 amide bonds. The number of carbonyl (C=O) groups excluding carboxylic acids is 1. The lowest BCUT2D eigenvalue weighted by Crippen LogP contribution is -2.13. The van der Waals surface area contributed by atoms with Gasteiger partial charge in [0.15, 0.2) is 0 Å². The van der Waals surface area contributed by atoms with Gasteiger partial charge in [-0.1, -0.05) is 0 Å². The minimum absolute atomic E-state index is 0.217. The Morgan fingerprint density at radius 1 is 1.42 bits per heavy atom. The summed E-state index contributed by atoms with van der Waals surface area (Å²) < 4.78 is 0. The third-order valence-electron chi connectivity index (χ3n) is 2.75. The van der Waals surface area contributed by atoms with E-state index in [9.17, 15) is 9.90 Å². The van der Waals surface area contributed by atoms with Gasteiger partial charge < -0.3 is 16.2 Å². The molecule has 0 aliphatic heterocycles. The number of anilines is 1. The molecule has 0 saturated carbocycles. The monoisotopic (exact) mass is 277 g/mol. The molecule has 2 aromatic rings. The molecule has 6 heteroatoms. The standard InChI is InChI=1S/C13H15N3O2S/c1-7-4-11(17)8(2)3-9(7)16-13(18)10-6-19-12(5-14)15-10/h3-4,6,17H,5,14H2,1-2H3,(H,16,18). The van der Waals surface area contributed by atoms with Gasteiger partial charge in [-0.25, -0.2) is 4.98 Å². The number of hydrogen-bond donors (Lipinski definition) is 3. The van der Waals surface area contributed by atoms with Crippen molar-refractivity contribution in [2.75, 3.05) is 5.32 Å². The summed E-state index contributed by atoms with van der Waals surface area (Å²) in [5, 5.41) is 14.8. The number of nitrogens with two attached hydrogens (primary N) is 1. The summed E-state index contributed by atoms with van der Waals surface area (Å²) in [4.78, 5) is 16.1. The van der Waals surface area contributed by atoms with E-state index in [1.165, 1.54) is 11.3 Å². The molecule has 100 valence electrons. The van der Waals surface area contributed by atoms with Crippen LogP contribution < -0.4 is 11.1 Å². The molecule has 1 heterocycles. The molecule has 19 heavy (non-hydrogen) atoms. The fourth-order valence-corrected chi connectivity index (χ4v) is 2.29. The van der Waals surface area contributed by atoms with Crippen LogP contribution in [0.4, 0.5) is 5.69 Å². The summed E-state index contributed by atoms with van der Waals surface area (Å²) in [6, 6.07) is 3.36. The van der Waals surface area contributed by atoms with E-state index >= 15 is 0 Å². The third kappa shape index (κ3) is 2.91. The van der Waals surface area contributed by atoms with Crippen molar-refractivity contribution in [1.82, 2.24) is 4.98 Å². The van der Waals surface area contributed by atoms with Gasteiger partial charge in [0.05, 0.1) is 0 Å². The number of thiazole rings is 1. The second kappa shape index (κ2) is 5.38. The summed E-state index contributed by atoms with van der Waals surface area (Å²) in [7, 11) is 0. The Labute approximate surface area is 115 Å². The number of aromatic hydroxyl groups is 1. The van der Waals surface area contributed by atoms with Gasteiger partial charge >= 0.3 is 0 Å². The number of amides is 1. The molecule has 0 radical (unpaired) electrons. The lowest BCUT2D eigenvalue weighted by molar-refractivity contribution is 0.102. The van der Waals surface area contributed by atoms with Crippen LogP contribution in [0.1, 0.15) is 26.6 Å². The van der Waals surface area contributed by atoms with Crippen LogP contribution in [0.3, 0.4) is 0 Å². The van der Waals surface area contributed by atoms with E-state index in [4.69, 9.17) is 5.73 Å². The van der Waals surface area contributed by atoms with Crippen LogP contribution in [-0.2, 0) is 6.54 Å². The molecule has 1 aromatic carbocycles. The lowest BCUT2D eigenvalue weighted by atomic mass is 10.1. The van der Waals surface area contributed by atoms with E-state index < -0.39 is 0 Å². The second-order valence-corrected chi connectivity index (χ2v) is 5.18. The minimum atomic E-state index is -0.274. The van der Waals surface area contributed by atoms with Crippen molar-refractivity contribution in [3.8, 4) is 5.75 Å². The molecule has 0 bridgehead atoms. The number of aryl methyl sites for hydroxylation is 2. The number of phenolic OH excluding ortho intramolecular Hbond substituents is 1. The molecule has 0 spiro atoms. The van der Waals surface area contributed by atoms with Gasteiger partial charge in [0.1, 0.15) is 16.5 Å². The Balaban J connectivity index is 2.21. The maximum absolute atomic E-state index is 12.0. The molecule has 0 fully saturated rings. The van der Waals surface area contributed by atoms with E-state index in [1.54, 1.807) is 24.4 Å². The van der Waals surface area contributed by atoms with Crippen molar-refractivity contribution in [1.29, 1.82) is 0 Å². The first kappa shape index (κ1) is 13.5. The molecule has 1 aromatic heterocycles. The largest absolute Gasteiger partial charge is 0.508 e. The average Bonchev–Trinajstić information content (AvgIpc) is 2.84. The summed E-state index contributed by atoms with van der Waals surface area (Å²) in [6.07, 6.45) is 0. The first-order valence-electron chi connectivity index (χ1n) is 5.77. The molecular formula is C13H15N3O2S. The Hall–Kier alpha value is -1.92. The smallest absolute Gasteiger partial charge is 0.275 e. The quantitative estimate of drug-likeness (QED) is 0.750. The van der Waals surface area contributed by atoms with Crippen molar-refractivity contribution in [3.63, 3.8) is 0 Å². The number of hydrogen-bond acceptors (Lipinski definition) is 5. The van der Waals surface area contributed by atoms with Crippen molar-refractivity contribution < 1.29 is 9.90 Å². The molecule has 0 unspecified atom stereocenters. The zero-order chi connectivity index (χ0) is 14.0.